The molecule has 0 saturated carbocycles. The number of fused-ring (bicyclic) bond motifs is 1. The number of halogens is 1. The van der Waals surface area contributed by atoms with Gasteiger partial charge in [0.1, 0.15) is 5.65 Å². The topological polar surface area (TPSA) is 56.0 Å². The van der Waals surface area contributed by atoms with Crippen LogP contribution < -0.4 is 0 Å². The minimum absolute atomic E-state index is 0.193. The third kappa shape index (κ3) is 2.49. The molecule has 118 valence electrons. The molecule has 0 fully saturated rings. The molecule has 5 nitrogen and oxygen atoms in total. The molecular weight excluding hydrogens is 326 g/mol. The molecule has 6 heteroatoms. The summed E-state index contributed by atoms with van der Waals surface area (Å²) in [5.74, 6) is -0.219. The van der Waals surface area contributed by atoms with Crippen molar-refractivity contribution in [3.05, 3.63) is 76.3 Å². The number of imidazole rings is 1. The third-order valence-electron chi connectivity index (χ3n) is 3.71. The second-order valence-corrected chi connectivity index (χ2v) is 5.78. The predicted octanol–water partition coefficient (Wildman–Crippen LogP) is 3.64. The second kappa shape index (κ2) is 5.62. The minimum Gasteiger partial charge on any atom is -0.402 e. The number of pyridine rings is 1. The zero-order valence-electron chi connectivity index (χ0n) is 12.7. The van der Waals surface area contributed by atoms with Gasteiger partial charge in [-0.2, -0.15) is 0 Å². The van der Waals surface area contributed by atoms with Crippen molar-refractivity contribution in [1.82, 2.24) is 9.38 Å². The Bertz CT molecular complexity index is 1020. The van der Waals surface area contributed by atoms with E-state index in [0.717, 1.165) is 11.1 Å². The summed E-state index contributed by atoms with van der Waals surface area (Å²) >= 11 is 6.19. The van der Waals surface area contributed by atoms with E-state index in [-0.39, 0.29) is 11.6 Å². The van der Waals surface area contributed by atoms with Gasteiger partial charge in [0, 0.05) is 11.8 Å². The van der Waals surface area contributed by atoms with Crippen molar-refractivity contribution in [3.63, 3.8) is 0 Å². The largest absolute Gasteiger partial charge is 0.402 e. The Labute approximate surface area is 142 Å². The fourth-order valence-electron chi connectivity index (χ4n) is 2.47. The number of carbonyl (C=O) groups is 1. The van der Waals surface area contributed by atoms with Crippen LogP contribution in [-0.4, -0.2) is 21.3 Å². The molecule has 4 rings (SSSR count). The van der Waals surface area contributed by atoms with Crippen LogP contribution in [0.2, 0.25) is 5.15 Å². The highest BCUT2D eigenvalue weighted by molar-refractivity contribution is 6.31. The van der Waals surface area contributed by atoms with Gasteiger partial charge in [0.25, 0.3) is 0 Å². The number of carbonyl (C=O) groups excluding carboxylic acids is 1. The Balaban J connectivity index is 1.77. The lowest BCUT2D eigenvalue weighted by Gasteiger charge is -1.99. The van der Waals surface area contributed by atoms with E-state index in [1.54, 1.807) is 10.5 Å². The van der Waals surface area contributed by atoms with E-state index in [1.807, 2.05) is 55.6 Å². The van der Waals surface area contributed by atoms with Crippen molar-refractivity contribution in [3.8, 4) is 0 Å². The summed E-state index contributed by atoms with van der Waals surface area (Å²) in [7, 11) is 0. The molecule has 24 heavy (non-hydrogen) atoms. The lowest BCUT2D eigenvalue weighted by molar-refractivity contribution is -0.129. The van der Waals surface area contributed by atoms with Gasteiger partial charge in [0.15, 0.2) is 10.9 Å². The van der Waals surface area contributed by atoms with Crippen molar-refractivity contribution in [2.24, 2.45) is 4.99 Å². The van der Waals surface area contributed by atoms with Crippen molar-refractivity contribution in [2.75, 3.05) is 0 Å². The molecule has 0 amide bonds. The molecule has 0 bridgehead atoms. The summed E-state index contributed by atoms with van der Waals surface area (Å²) in [5.41, 5.74) is 3.35. The smallest absolute Gasteiger partial charge is 0.363 e. The Morgan fingerprint density at radius 3 is 2.75 bits per heavy atom. The zero-order chi connectivity index (χ0) is 16.7. The first kappa shape index (κ1) is 14.7. The molecule has 0 spiro atoms. The maximum atomic E-state index is 12.1. The molecule has 3 heterocycles. The fourth-order valence-corrected chi connectivity index (χ4v) is 2.71. The average Bonchev–Trinajstić information content (AvgIpc) is 3.09. The number of esters is 1. The quantitative estimate of drug-likeness (QED) is 0.530. The summed E-state index contributed by atoms with van der Waals surface area (Å²) in [6.45, 7) is 1.99. The molecule has 0 atom stereocenters. The lowest BCUT2D eigenvalue weighted by atomic mass is 10.1. The van der Waals surface area contributed by atoms with Gasteiger partial charge in [-0.15, -0.1) is 0 Å². The van der Waals surface area contributed by atoms with Gasteiger partial charge in [0.05, 0.1) is 5.69 Å². The average molecular weight is 338 g/mol. The number of hydrogen-bond acceptors (Lipinski definition) is 4. The minimum atomic E-state index is -0.507. The van der Waals surface area contributed by atoms with E-state index in [2.05, 4.69) is 9.98 Å². The Morgan fingerprint density at radius 2 is 1.96 bits per heavy atom. The van der Waals surface area contributed by atoms with Crippen molar-refractivity contribution in [2.45, 2.75) is 6.92 Å². The van der Waals surface area contributed by atoms with Crippen molar-refractivity contribution >= 4 is 35.2 Å². The van der Waals surface area contributed by atoms with Gasteiger partial charge < -0.3 is 4.74 Å². The van der Waals surface area contributed by atoms with Crippen molar-refractivity contribution < 1.29 is 9.53 Å². The number of aryl methyl sites for hydroxylation is 1. The number of ether oxygens (including phenoxy) is 1. The highest BCUT2D eigenvalue weighted by atomic mass is 35.5. The van der Waals surface area contributed by atoms with Gasteiger partial charge in [-0.3, -0.25) is 4.40 Å². The summed E-state index contributed by atoms with van der Waals surface area (Å²) in [6, 6.07) is 13.2. The number of aromatic nitrogens is 2. The predicted molar refractivity (Wildman–Crippen MR) is 92.0 cm³/mol. The standard InChI is InChI=1S/C18H12ClN3O2/c1-11-5-7-12(8-6-11)17-20-13(18(23)24-17)10-14-16(19)21-15-4-2-3-9-22(14)15/h2-10H,1H3/b13-10-. The normalized spacial score (nSPS) is 15.8. The van der Waals surface area contributed by atoms with Crippen LogP contribution in [0, 0.1) is 6.92 Å². The van der Waals surface area contributed by atoms with Crippen LogP contribution in [0.3, 0.4) is 0 Å². The number of rotatable bonds is 2. The fraction of sp³-hybridized carbons (Fsp3) is 0.0556. The summed E-state index contributed by atoms with van der Waals surface area (Å²) in [5, 5.41) is 0.306. The SMILES string of the molecule is Cc1ccc(C2=N/C(=C\c3c(Cl)nc4ccccn34)C(=O)O2)cc1. The monoisotopic (exact) mass is 337 g/mol. The third-order valence-corrected chi connectivity index (χ3v) is 3.99. The van der Waals surface area contributed by atoms with Crippen LogP contribution in [0.15, 0.2) is 59.4 Å². The molecule has 0 radical (unpaired) electrons. The first-order chi connectivity index (χ1) is 11.6. The Kier molecular flexibility index (Phi) is 3.43. The summed E-state index contributed by atoms with van der Waals surface area (Å²) in [6.07, 6.45) is 3.41. The van der Waals surface area contributed by atoms with Crippen LogP contribution >= 0.6 is 11.6 Å². The van der Waals surface area contributed by atoms with Crippen molar-refractivity contribution in [1.29, 1.82) is 0 Å². The van der Waals surface area contributed by atoms with Gasteiger partial charge in [-0.25, -0.2) is 14.8 Å². The molecule has 1 aromatic carbocycles. The van der Waals surface area contributed by atoms with Crippen LogP contribution in [0.4, 0.5) is 0 Å². The van der Waals surface area contributed by atoms with Gasteiger partial charge >= 0.3 is 5.97 Å². The highest BCUT2D eigenvalue weighted by Crippen LogP contribution is 2.24. The van der Waals surface area contributed by atoms with E-state index >= 15 is 0 Å². The number of hydrogen-bond donors (Lipinski definition) is 0. The first-order valence-electron chi connectivity index (χ1n) is 7.34. The molecule has 0 unspecified atom stereocenters. The molecule has 3 aromatic rings. The second-order valence-electron chi connectivity index (χ2n) is 5.42. The number of cyclic esters (lactones) is 1. The molecule has 1 aliphatic heterocycles. The van der Waals surface area contributed by atoms with Crippen LogP contribution in [0.25, 0.3) is 11.7 Å². The number of aliphatic imine (C=N–C) groups is 1. The molecular formula is C18H12ClN3O2. The van der Waals surface area contributed by atoms with E-state index in [1.165, 1.54) is 0 Å². The van der Waals surface area contributed by atoms with Crippen LogP contribution in [-0.2, 0) is 9.53 Å². The van der Waals surface area contributed by atoms with Gasteiger partial charge in [-0.05, 0) is 37.3 Å². The lowest BCUT2D eigenvalue weighted by Crippen LogP contribution is -2.05. The van der Waals surface area contributed by atoms with E-state index in [0.29, 0.717) is 16.5 Å². The zero-order valence-corrected chi connectivity index (χ0v) is 13.5. The molecule has 0 aliphatic carbocycles. The van der Waals surface area contributed by atoms with Crippen LogP contribution in [0.5, 0.6) is 0 Å². The van der Waals surface area contributed by atoms with Gasteiger partial charge in [0.2, 0.25) is 5.90 Å². The molecule has 1 aliphatic rings. The van der Waals surface area contributed by atoms with E-state index in [9.17, 15) is 4.79 Å². The first-order valence-corrected chi connectivity index (χ1v) is 7.72. The maximum Gasteiger partial charge on any atom is 0.363 e. The maximum absolute atomic E-state index is 12.1. The number of nitrogens with zero attached hydrogens (tertiary/aromatic N) is 3. The molecule has 0 N–H and O–H groups in total. The molecule has 0 saturated heterocycles. The molecule has 2 aromatic heterocycles. The van der Waals surface area contributed by atoms with E-state index in [4.69, 9.17) is 16.3 Å². The number of benzene rings is 1. The summed E-state index contributed by atoms with van der Waals surface area (Å²) in [4.78, 5) is 20.7. The Morgan fingerprint density at radius 1 is 1.17 bits per heavy atom. The van der Waals surface area contributed by atoms with Crippen LogP contribution in [0.1, 0.15) is 16.8 Å². The highest BCUT2D eigenvalue weighted by Gasteiger charge is 2.25. The van der Waals surface area contributed by atoms with E-state index < -0.39 is 5.97 Å². The van der Waals surface area contributed by atoms with Gasteiger partial charge in [-0.1, -0.05) is 35.4 Å². The Hall–Kier alpha value is -2.92. The summed E-state index contributed by atoms with van der Waals surface area (Å²) < 4.78 is 7.06.